The van der Waals surface area contributed by atoms with Gasteiger partial charge in [-0.3, -0.25) is 4.90 Å². The molecule has 0 spiro atoms. The topological polar surface area (TPSA) is 37.6 Å². The van der Waals surface area contributed by atoms with Gasteiger partial charge in [0.05, 0.1) is 26.0 Å². The van der Waals surface area contributed by atoms with Crippen molar-refractivity contribution < 1.29 is 9.15 Å². The van der Waals surface area contributed by atoms with Gasteiger partial charge in [-0.25, -0.2) is 0 Å². The first-order valence-corrected chi connectivity index (χ1v) is 7.98. The van der Waals surface area contributed by atoms with Crippen LogP contribution in [0.3, 0.4) is 0 Å². The maximum Gasteiger partial charge on any atom is 0.123 e. The van der Waals surface area contributed by atoms with E-state index < -0.39 is 0 Å². The van der Waals surface area contributed by atoms with Crippen LogP contribution in [0.1, 0.15) is 30.2 Å². The van der Waals surface area contributed by atoms with E-state index in [-0.39, 0.29) is 0 Å². The second-order valence-corrected chi connectivity index (χ2v) is 5.71. The molecule has 1 saturated heterocycles. The van der Waals surface area contributed by atoms with Crippen LogP contribution in [0, 0.1) is 0 Å². The quantitative estimate of drug-likeness (QED) is 0.852. The molecule has 22 heavy (non-hydrogen) atoms. The van der Waals surface area contributed by atoms with Gasteiger partial charge in [0.15, 0.2) is 0 Å². The van der Waals surface area contributed by atoms with Crippen molar-refractivity contribution in [1.82, 2.24) is 10.2 Å². The molecule has 0 bridgehead atoms. The number of hydrogen-bond acceptors (Lipinski definition) is 4. The van der Waals surface area contributed by atoms with Gasteiger partial charge in [0.2, 0.25) is 0 Å². The first-order chi connectivity index (χ1) is 10.9. The zero-order valence-electron chi connectivity index (χ0n) is 13.1. The zero-order valence-corrected chi connectivity index (χ0v) is 13.1. The minimum Gasteiger partial charge on any atom is -0.496 e. The fourth-order valence-electron chi connectivity index (χ4n) is 3.18. The van der Waals surface area contributed by atoms with Crippen LogP contribution in [0.25, 0.3) is 0 Å². The lowest BCUT2D eigenvalue weighted by atomic mass is 10.0. The predicted molar refractivity (Wildman–Crippen MR) is 87.0 cm³/mol. The van der Waals surface area contributed by atoms with Crippen LogP contribution in [0.15, 0.2) is 47.1 Å². The van der Waals surface area contributed by atoms with Crippen molar-refractivity contribution in [2.45, 2.75) is 25.4 Å². The predicted octanol–water partition coefficient (Wildman–Crippen LogP) is 3.21. The Morgan fingerprint density at radius 1 is 1.18 bits per heavy atom. The zero-order chi connectivity index (χ0) is 15.2. The van der Waals surface area contributed by atoms with Crippen LogP contribution in [-0.4, -0.2) is 31.6 Å². The highest BCUT2D eigenvalue weighted by Crippen LogP contribution is 2.31. The number of rotatable bonds is 7. The Labute approximate surface area is 132 Å². The van der Waals surface area contributed by atoms with Gasteiger partial charge < -0.3 is 14.5 Å². The van der Waals surface area contributed by atoms with Gasteiger partial charge in [-0.2, -0.15) is 0 Å². The summed E-state index contributed by atoms with van der Waals surface area (Å²) in [7, 11) is 1.75. The summed E-state index contributed by atoms with van der Waals surface area (Å²) in [5, 5.41) is 3.52. The summed E-state index contributed by atoms with van der Waals surface area (Å²) in [5.41, 5.74) is 1.26. The number of hydrogen-bond donors (Lipinski definition) is 1. The summed E-state index contributed by atoms with van der Waals surface area (Å²) in [5.74, 6) is 1.94. The summed E-state index contributed by atoms with van der Waals surface area (Å²) in [6, 6.07) is 12.6. The molecule has 1 aliphatic heterocycles. The lowest BCUT2D eigenvalue weighted by Crippen LogP contribution is -2.34. The fourth-order valence-corrected chi connectivity index (χ4v) is 3.18. The molecule has 2 aromatic rings. The molecular formula is C18H24N2O2. The minimum atomic E-state index is 0.341. The number of nitrogens with zero attached hydrogens (tertiary/aromatic N) is 1. The van der Waals surface area contributed by atoms with E-state index >= 15 is 0 Å². The van der Waals surface area contributed by atoms with E-state index in [1.807, 2.05) is 24.3 Å². The summed E-state index contributed by atoms with van der Waals surface area (Å²) >= 11 is 0. The molecule has 1 unspecified atom stereocenters. The van der Waals surface area contributed by atoms with Crippen LogP contribution >= 0.6 is 0 Å². The van der Waals surface area contributed by atoms with Crippen LogP contribution in [0.2, 0.25) is 0 Å². The molecular weight excluding hydrogens is 276 g/mol. The second-order valence-electron chi connectivity index (χ2n) is 5.71. The van der Waals surface area contributed by atoms with E-state index in [2.05, 4.69) is 22.3 Å². The summed E-state index contributed by atoms with van der Waals surface area (Å²) < 4.78 is 11.0. The average molecular weight is 300 g/mol. The monoisotopic (exact) mass is 300 g/mol. The number of furan rings is 1. The van der Waals surface area contributed by atoms with Crippen LogP contribution in [0.5, 0.6) is 5.75 Å². The van der Waals surface area contributed by atoms with Gasteiger partial charge in [0, 0.05) is 12.1 Å². The van der Waals surface area contributed by atoms with Gasteiger partial charge >= 0.3 is 0 Å². The van der Waals surface area contributed by atoms with Crippen LogP contribution in [0.4, 0.5) is 0 Å². The first-order valence-electron chi connectivity index (χ1n) is 7.98. The third-order valence-electron chi connectivity index (χ3n) is 4.30. The van der Waals surface area contributed by atoms with Gasteiger partial charge in [-0.05, 0) is 44.1 Å². The molecule has 1 atom stereocenters. The SMILES string of the molecule is COc1ccccc1C(CNCc1ccco1)N1CCCC1. The average Bonchev–Trinajstić information content (AvgIpc) is 3.25. The maximum absolute atomic E-state index is 5.57. The van der Waals surface area contributed by atoms with Gasteiger partial charge in [-0.1, -0.05) is 18.2 Å². The number of likely N-dealkylation sites (tertiary alicyclic amines) is 1. The van der Waals surface area contributed by atoms with E-state index in [0.717, 1.165) is 37.7 Å². The smallest absolute Gasteiger partial charge is 0.123 e. The molecule has 0 aliphatic carbocycles. The summed E-state index contributed by atoms with van der Waals surface area (Å²) in [6.07, 6.45) is 4.28. The van der Waals surface area contributed by atoms with Crippen molar-refractivity contribution >= 4 is 0 Å². The Bertz CT molecular complexity index is 562. The Hall–Kier alpha value is -1.78. The molecule has 118 valence electrons. The molecule has 2 heterocycles. The molecule has 0 radical (unpaired) electrons. The van der Waals surface area contributed by atoms with E-state index in [1.165, 1.54) is 18.4 Å². The normalized spacial score (nSPS) is 16.8. The molecule has 4 nitrogen and oxygen atoms in total. The molecule has 1 aliphatic rings. The van der Waals surface area contributed by atoms with Crippen molar-refractivity contribution in [3.05, 3.63) is 54.0 Å². The van der Waals surface area contributed by atoms with Crippen LogP contribution < -0.4 is 10.1 Å². The van der Waals surface area contributed by atoms with E-state index in [1.54, 1.807) is 13.4 Å². The van der Waals surface area contributed by atoms with Crippen molar-refractivity contribution in [2.24, 2.45) is 0 Å². The largest absolute Gasteiger partial charge is 0.496 e. The maximum atomic E-state index is 5.57. The molecule has 1 aromatic heterocycles. The number of para-hydroxylation sites is 1. The van der Waals surface area contributed by atoms with E-state index in [4.69, 9.17) is 9.15 Å². The van der Waals surface area contributed by atoms with E-state index in [9.17, 15) is 0 Å². The molecule has 0 amide bonds. The number of benzene rings is 1. The minimum absolute atomic E-state index is 0.341. The Morgan fingerprint density at radius 2 is 2.00 bits per heavy atom. The third-order valence-corrected chi connectivity index (χ3v) is 4.30. The molecule has 1 fully saturated rings. The number of ether oxygens (including phenoxy) is 1. The second kappa shape index (κ2) is 7.47. The standard InChI is InChI=1S/C18H24N2O2/c1-21-18-9-3-2-8-16(18)17(20-10-4-5-11-20)14-19-13-15-7-6-12-22-15/h2-3,6-9,12,17,19H,4-5,10-11,13-14H2,1H3. The first kappa shape index (κ1) is 15.1. The molecule has 0 saturated carbocycles. The molecule has 1 aromatic carbocycles. The molecule has 1 N–H and O–H groups in total. The van der Waals surface area contributed by atoms with Gasteiger partial charge in [-0.15, -0.1) is 0 Å². The van der Waals surface area contributed by atoms with Crippen LogP contribution in [-0.2, 0) is 6.54 Å². The Kier molecular flexibility index (Phi) is 5.14. The summed E-state index contributed by atoms with van der Waals surface area (Å²) in [4.78, 5) is 2.55. The lowest BCUT2D eigenvalue weighted by Gasteiger charge is -2.29. The lowest BCUT2D eigenvalue weighted by molar-refractivity contribution is 0.231. The Morgan fingerprint density at radius 3 is 2.73 bits per heavy atom. The van der Waals surface area contributed by atoms with Crippen molar-refractivity contribution in [3.8, 4) is 5.75 Å². The third kappa shape index (κ3) is 3.51. The van der Waals surface area contributed by atoms with Gasteiger partial charge in [0.25, 0.3) is 0 Å². The number of nitrogens with one attached hydrogen (secondary N) is 1. The molecule has 3 rings (SSSR count). The van der Waals surface area contributed by atoms with Gasteiger partial charge in [0.1, 0.15) is 11.5 Å². The summed E-state index contributed by atoms with van der Waals surface area (Å²) in [6.45, 7) is 3.96. The fraction of sp³-hybridized carbons (Fsp3) is 0.444. The molecule has 4 heteroatoms. The highest BCUT2D eigenvalue weighted by Gasteiger charge is 2.25. The number of methoxy groups -OCH3 is 1. The highest BCUT2D eigenvalue weighted by molar-refractivity contribution is 5.36. The van der Waals surface area contributed by atoms with Crippen molar-refractivity contribution in [2.75, 3.05) is 26.7 Å². The van der Waals surface area contributed by atoms with Crippen molar-refractivity contribution in [3.63, 3.8) is 0 Å². The highest BCUT2D eigenvalue weighted by atomic mass is 16.5. The van der Waals surface area contributed by atoms with E-state index in [0.29, 0.717) is 6.04 Å². The van der Waals surface area contributed by atoms with Crippen molar-refractivity contribution in [1.29, 1.82) is 0 Å². The Balaban J connectivity index is 1.71.